The standard InChI is InChI=1S/C49H32N2O2/c1-4-11-33(12-5-1)35-19-25-39(26-20-35)51(40-27-21-36(22-28-40)34-13-6-2-7-14-34)41-29-23-37(24-30-41)42-17-10-18-43-44-31-47-45(32-46(44)52-48(42)43)50-49(53-47)38-15-8-3-9-16-38/h1-32H. The van der Waals surface area contributed by atoms with E-state index < -0.39 is 0 Å². The van der Waals surface area contributed by atoms with Gasteiger partial charge in [-0.1, -0.05) is 133 Å². The van der Waals surface area contributed by atoms with Crippen molar-refractivity contribution in [2.75, 3.05) is 4.90 Å². The first-order valence-electron chi connectivity index (χ1n) is 17.8. The minimum absolute atomic E-state index is 0.603. The van der Waals surface area contributed by atoms with Gasteiger partial charge in [0.25, 0.3) is 0 Å². The minimum atomic E-state index is 0.603. The Morgan fingerprint density at radius 2 is 0.849 bits per heavy atom. The molecule has 10 rings (SSSR count). The molecule has 2 heterocycles. The number of fused-ring (bicyclic) bond motifs is 4. The van der Waals surface area contributed by atoms with Crippen LogP contribution in [0.25, 0.3) is 77.9 Å². The van der Waals surface area contributed by atoms with Crippen molar-refractivity contribution in [3.63, 3.8) is 0 Å². The molecular weight excluding hydrogens is 649 g/mol. The molecule has 0 bridgehead atoms. The van der Waals surface area contributed by atoms with Crippen molar-refractivity contribution in [3.8, 4) is 44.8 Å². The summed E-state index contributed by atoms with van der Waals surface area (Å²) in [5.41, 5.74) is 14.2. The van der Waals surface area contributed by atoms with Gasteiger partial charge in [-0.15, -0.1) is 0 Å². The molecular formula is C49H32N2O2. The molecule has 0 aliphatic rings. The number of oxazole rings is 1. The van der Waals surface area contributed by atoms with Crippen molar-refractivity contribution in [3.05, 3.63) is 194 Å². The van der Waals surface area contributed by atoms with E-state index in [0.29, 0.717) is 5.89 Å². The molecule has 0 aliphatic heterocycles. The van der Waals surface area contributed by atoms with Crippen molar-refractivity contribution in [1.29, 1.82) is 0 Å². The average molecular weight is 681 g/mol. The molecule has 250 valence electrons. The van der Waals surface area contributed by atoms with Gasteiger partial charge in [-0.05, 0) is 82.4 Å². The molecule has 0 radical (unpaired) electrons. The molecule has 0 saturated carbocycles. The monoisotopic (exact) mass is 680 g/mol. The second-order valence-corrected chi connectivity index (χ2v) is 13.2. The molecule has 2 aromatic heterocycles. The van der Waals surface area contributed by atoms with Crippen molar-refractivity contribution in [2.45, 2.75) is 0 Å². The number of rotatable bonds is 7. The molecule has 0 N–H and O–H groups in total. The highest BCUT2D eigenvalue weighted by atomic mass is 16.4. The highest BCUT2D eigenvalue weighted by Gasteiger charge is 2.18. The van der Waals surface area contributed by atoms with Crippen LogP contribution in [0.15, 0.2) is 203 Å². The summed E-state index contributed by atoms with van der Waals surface area (Å²) in [6, 6.07) is 67.6. The molecule has 0 saturated heterocycles. The maximum atomic E-state index is 6.58. The number of hydrogen-bond acceptors (Lipinski definition) is 4. The molecule has 10 aromatic rings. The topological polar surface area (TPSA) is 42.4 Å². The van der Waals surface area contributed by atoms with Crippen LogP contribution in [0, 0.1) is 0 Å². The van der Waals surface area contributed by atoms with Gasteiger partial charge in [0.1, 0.15) is 16.7 Å². The molecule has 4 nitrogen and oxygen atoms in total. The molecule has 8 aromatic carbocycles. The summed E-state index contributed by atoms with van der Waals surface area (Å²) in [6.07, 6.45) is 0. The number of furan rings is 1. The van der Waals surface area contributed by atoms with E-state index in [1.807, 2.05) is 54.6 Å². The van der Waals surface area contributed by atoms with Crippen molar-refractivity contribution in [1.82, 2.24) is 4.98 Å². The quantitative estimate of drug-likeness (QED) is 0.168. The average Bonchev–Trinajstić information content (AvgIpc) is 3.82. The van der Waals surface area contributed by atoms with E-state index >= 15 is 0 Å². The van der Waals surface area contributed by atoms with Crippen LogP contribution in [-0.2, 0) is 0 Å². The third-order valence-electron chi connectivity index (χ3n) is 9.93. The van der Waals surface area contributed by atoms with Crippen LogP contribution in [0.1, 0.15) is 0 Å². The summed E-state index contributed by atoms with van der Waals surface area (Å²) in [5, 5.41) is 2.05. The van der Waals surface area contributed by atoms with Crippen LogP contribution in [0.2, 0.25) is 0 Å². The number of aromatic nitrogens is 1. The molecule has 0 aliphatic carbocycles. The number of benzene rings is 8. The van der Waals surface area contributed by atoms with Crippen molar-refractivity contribution < 1.29 is 8.83 Å². The Bertz CT molecular complexity index is 2760. The SMILES string of the molecule is c1ccc(-c2ccc(N(c3ccc(-c4ccccc4)cc3)c3ccc(-c4cccc5c4oc4cc6nc(-c7ccccc7)oc6cc45)cc3)cc2)cc1. The van der Waals surface area contributed by atoms with Crippen LogP contribution in [0.3, 0.4) is 0 Å². The van der Waals surface area contributed by atoms with E-state index in [4.69, 9.17) is 13.8 Å². The summed E-state index contributed by atoms with van der Waals surface area (Å²) in [5.74, 6) is 0.603. The van der Waals surface area contributed by atoms with E-state index in [9.17, 15) is 0 Å². The fraction of sp³-hybridized carbons (Fsp3) is 0. The zero-order chi connectivity index (χ0) is 35.1. The smallest absolute Gasteiger partial charge is 0.227 e. The van der Waals surface area contributed by atoms with Gasteiger partial charge >= 0.3 is 0 Å². The molecule has 0 unspecified atom stereocenters. The third-order valence-corrected chi connectivity index (χ3v) is 9.93. The van der Waals surface area contributed by atoms with Crippen LogP contribution in [0.5, 0.6) is 0 Å². The van der Waals surface area contributed by atoms with Crippen LogP contribution in [0.4, 0.5) is 17.1 Å². The second kappa shape index (κ2) is 12.9. The predicted octanol–water partition coefficient (Wildman–Crippen LogP) is 13.9. The van der Waals surface area contributed by atoms with Crippen LogP contribution < -0.4 is 4.90 Å². The van der Waals surface area contributed by atoms with Gasteiger partial charge in [0, 0.05) is 45.0 Å². The Morgan fingerprint density at radius 1 is 0.358 bits per heavy atom. The maximum absolute atomic E-state index is 6.58. The summed E-state index contributed by atoms with van der Waals surface area (Å²) in [7, 11) is 0. The Kier molecular flexibility index (Phi) is 7.43. The zero-order valence-corrected chi connectivity index (χ0v) is 28.7. The highest BCUT2D eigenvalue weighted by molar-refractivity contribution is 6.12. The highest BCUT2D eigenvalue weighted by Crippen LogP contribution is 2.41. The molecule has 0 spiro atoms. The Labute approximate surface area is 306 Å². The fourth-order valence-electron chi connectivity index (χ4n) is 7.25. The Balaban J connectivity index is 1.02. The largest absolute Gasteiger partial charge is 0.455 e. The normalized spacial score (nSPS) is 11.4. The summed E-state index contributed by atoms with van der Waals surface area (Å²) < 4.78 is 12.8. The fourth-order valence-corrected chi connectivity index (χ4v) is 7.25. The van der Waals surface area contributed by atoms with Crippen molar-refractivity contribution >= 4 is 50.1 Å². The van der Waals surface area contributed by atoms with Gasteiger partial charge in [0.15, 0.2) is 5.58 Å². The lowest BCUT2D eigenvalue weighted by Gasteiger charge is -2.26. The van der Waals surface area contributed by atoms with Gasteiger partial charge in [-0.3, -0.25) is 0 Å². The molecule has 4 heteroatoms. The Morgan fingerprint density at radius 3 is 1.40 bits per heavy atom. The van der Waals surface area contributed by atoms with E-state index in [2.05, 4.69) is 144 Å². The lowest BCUT2D eigenvalue weighted by atomic mass is 10.0. The Hall–Kier alpha value is -7.17. The molecule has 53 heavy (non-hydrogen) atoms. The first-order chi connectivity index (χ1) is 26.2. The summed E-state index contributed by atoms with van der Waals surface area (Å²) in [4.78, 5) is 7.08. The molecule has 0 atom stereocenters. The molecule has 0 amide bonds. The minimum Gasteiger partial charge on any atom is -0.455 e. The van der Waals surface area contributed by atoms with Gasteiger partial charge in [0.2, 0.25) is 5.89 Å². The van der Waals surface area contributed by atoms with E-state index in [1.165, 1.54) is 22.3 Å². The number of hydrogen-bond donors (Lipinski definition) is 0. The summed E-state index contributed by atoms with van der Waals surface area (Å²) in [6.45, 7) is 0. The second-order valence-electron chi connectivity index (χ2n) is 13.2. The van der Waals surface area contributed by atoms with E-state index in [0.717, 1.165) is 66.8 Å². The maximum Gasteiger partial charge on any atom is 0.227 e. The first-order valence-corrected chi connectivity index (χ1v) is 17.8. The van der Waals surface area contributed by atoms with Gasteiger partial charge in [-0.2, -0.15) is 0 Å². The summed E-state index contributed by atoms with van der Waals surface area (Å²) >= 11 is 0. The van der Waals surface area contributed by atoms with E-state index in [1.54, 1.807) is 0 Å². The van der Waals surface area contributed by atoms with Crippen LogP contribution >= 0.6 is 0 Å². The van der Waals surface area contributed by atoms with Crippen LogP contribution in [-0.4, -0.2) is 4.98 Å². The van der Waals surface area contributed by atoms with Gasteiger partial charge in [0.05, 0.1) is 0 Å². The predicted molar refractivity (Wildman–Crippen MR) is 218 cm³/mol. The van der Waals surface area contributed by atoms with Crippen molar-refractivity contribution in [2.24, 2.45) is 0 Å². The first kappa shape index (κ1) is 30.6. The number of nitrogens with zero attached hydrogens (tertiary/aromatic N) is 2. The third kappa shape index (κ3) is 5.63. The lowest BCUT2D eigenvalue weighted by molar-refractivity contribution is 0.620. The molecule has 0 fully saturated rings. The van der Waals surface area contributed by atoms with Gasteiger partial charge in [-0.25, -0.2) is 4.98 Å². The number of anilines is 3. The number of para-hydroxylation sites is 1. The zero-order valence-electron chi connectivity index (χ0n) is 28.7. The van der Waals surface area contributed by atoms with E-state index in [-0.39, 0.29) is 0 Å². The lowest BCUT2D eigenvalue weighted by Crippen LogP contribution is -2.09. The van der Waals surface area contributed by atoms with Gasteiger partial charge < -0.3 is 13.7 Å².